The highest BCUT2D eigenvalue weighted by Gasteiger charge is 2.17. The first-order chi connectivity index (χ1) is 7.81. The van der Waals surface area contributed by atoms with Gasteiger partial charge >= 0.3 is 0 Å². The topological polar surface area (TPSA) is 47.6 Å². The molecule has 4 nitrogen and oxygen atoms in total. The molecule has 0 radical (unpaired) electrons. The maximum absolute atomic E-state index is 11.2. The van der Waals surface area contributed by atoms with E-state index < -0.39 is 0 Å². The standard InChI is InChI=1S/C11H12ClNO3/c12-5-4-10(14)13-6-8-2-1-3-9-11(8)16-7-15-9/h1-3H,4-7H2,(H,13,14). The lowest BCUT2D eigenvalue weighted by molar-refractivity contribution is -0.120. The molecular formula is C11H12ClNO3. The predicted octanol–water partition coefficient (Wildman–Crippen LogP) is 1.66. The van der Waals surface area contributed by atoms with Crippen molar-refractivity contribution in [3.63, 3.8) is 0 Å². The Bertz CT molecular complexity index is 395. The van der Waals surface area contributed by atoms with Gasteiger partial charge in [0.15, 0.2) is 11.5 Å². The van der Waals surface area contributed by atoms with Crippen molar-refractivity contribution in [3.05, 3.63) is 23.8 Å². The summed E-state index contributed by atoms with van der Waals surface area (Å²) in [7, 11) is 0. The van der Waals surface area contributed by atoms with Crippen molar-refractivity contribution >= 4 is 17.5 Å². The predicted molar refractivity (Wildman–Crippen MR) is 59.7 cm³/mol. The van der Waals surface area contributed by atoms with Crippen LogP contribution >= 0.6 is 11.6 Å². The van der Waals surface area contributed by atoms with Gasteiger partial charge in [-0.25, -0.2) is 0 Å². The highest BCUT2D eigenvalue weighted by Crippen LogP contribution is 2.35. The van der Waals surface area contributed by atoms with Crippen LogP contribution in [-0.2, 0) is 11.3 Å². The highest BCUT2D eigenvalue weighted by molar-refractivity contribution is 6.18. The van der Waals surface area contributed by atoms with Crippen molar-refractivity contribution in [3.8, 4) is 11.5 Å². The van der Waals surface area contributed by atoms with Crippen molar-refractivity contribution in [2.45, 2.75) is 13.0 Å². The Morgan fingerprint density at radius 2 is 2.31 bits per heavy atom. The van der Waals surface area contributed by atoms with Crippen LogP contribution in [-0.4, -0.2) is 18.6 Å². The lowest BCUT2D eigenvalue weighted by Crippen LogP contribution is -2.22. The Kier molecular flexibility index (Phi) is 3.51. The number of benzene rings is 1. The van der Waals surface area contributed by atoms with Crippen LogP contribution in [0.25, 0.3) is 0 Å². The number of hydrogen-bond donors (Lipinski definition) is 1. The van der Waals surface area contributed by atoms with Crippen molar-refractivity contribution in [2.24, 2.45) is 0 Å². The van der Waals surface area contributed by atoms with E-state index in [1.54, 1.807) is 0 Å². The number of ether oxygens (including phenoxy) is 2. The summed E-state index contributed by atoms with van der Waals surface area (Å²) in [5.74, 6) is 1.71. The molecule has 1 aliphatic rings. The maximum Gasteiger partial charge on any atom is 0.231 e. The minimum atomic E-state index is -0.0634. The van der Waals surface area contributed by atoms with Gasteiger partial charge in [0.1, 0.15) is 0 Å². The minimum absolute atomic E-state index is 0.0634. The fourth-order valence-electron chi connectivity index (χ4n) is 1.50. The zero-order valence-corrected chi connectivity index (χ0v) is 9.42. The normalized spacial score (nSPS) is 12.6. The van der Waals surface area contributed by atoms with E-state index in [-0.39, 0.29) is 12.7 Å². The number of nitrogens with one attached hydrogen (secondary N) is 1. The van der Waals surface area contributed by atoms with Gasteiger partial charge < -0.3 is 14.8 Å². The number of halogens is 1. The molecule has 1 aliphatic heterocycles. The Morgan fingerprint density at radius 1 is 1.44 bits per heavy atom. The molecule has 0 saturated heterocycles. The Morgan fingerprint density at radius 3 is 3.12 bits per heavy atom. The van der Waals surface area contributed by atoms with Crippen molar-refractivity contribution < 1.29 is 14.3 Å². The highest BCUT2D eigenvalue weighted by atomic mass is 35.5. The molecule has 0 bridgehead atoms. The van der Waals surface area contributed by atoms with E-state index >= 15 is 0 Å². The van der Waals surface area contributed by atoms with Gasteiger partial charge in [-0.3, -0.25) is 4.79 Å². The molecule has 16 heavy (non-hydrogen) atoms. The van der Waals surface area contributed by atoms with Crippen molar-refractivity contribution in [1.29, 1.82) is 0 Å². The third-order valence-corrected chi connectivity index (χ3v) is 2.46. The summed E-state index contributed by atoms with van der Waals surface area (Å²) >= 11 is 5.47. The quantitative estimate of drug-likeness (QED) is 0.816. The van der Waals surface area contributed by atoms with Gasteiger partial charge in [-0.15, -0.1) is 11.6 Å². The third kappa shape index (κ3) is 2.39. The molecule has 0 spiro atoms. The summed E-state index contributed by atoms with van der Waals surface area (Å²) < 4.78 is 10.6. The molecular weight excluding hydrogens is 230 g/mol. The first-order valence-electron chi connectivity index (χ1n) is 5.01. The first kappa shape index (κ1) is 11.1. The Hall–Kier alpha value is -1.42. The Balaban J connectivity index is 2.00. The molecule has 5 heteroatoms. The molecule has 2 rings (SSSR count). The van der Waals surface area contributed by atoms with Crippen LogP contribution < -0.4 is 14.8 Å². The van der Waals surface area contributed by atoms with Crippen LogP contribution in [0.15, 0.2) is 18.2 Å². The van der Waals surface area contributed by atoms with E-state index in [1.807, 2.05) is 18.2 Å². The fraction of sp³-hybridized carbons (Fsp3) is 0.364. The van der Waals surface area contributed by atoms with E-state index in [4.69, 9.17) is 21.1 Å². The summed E-state index contributed by atoms with van der Waals surface area (Å²) in [5, 5.41) is 2.77. The average Bonchev–Trinajstić information content (AvgIpc) is 2.75. The van der Waals surface area contributed by atoms with Gasteiger partial charge in [-0.2, -0.15) is 0 Å². The average molecular weight is 242 g/mol. The molecule has 0 atom stereocenters. The summed E-state index contributed by atoms with van der Waals surface area (Å²) in [6.45, 7) is 0.671. The molecule has 1 amide bonds. The number of carbonyl (C=O) groups excluding carboxylic acids is 1. The monoisotopic (exact) mass is 241 g/mol. The first-order valence-corrected chi connectivity index (χ1v) is 5.55. The van der Waals surface area contributed by atoms with Gasteiger partial charge in [0.25, 0.3) is 0 Å². The zero-order valence-electron chi connectivity index (χ0n) is 8.66. The number of hydrogen-bond acceptors (Lipinski definition) is 3. The van der Waals surface area contributed by atoms with E-state index in [1.165, 1.54) is 0 Å². The molecule has 1 N–H and O–H groups in total. The summed E-state index contributed by atoms with van der Waals surface area (Å²) in [6, 6.07) is 5.61. The Labute approximate surface area is 98.5 Å². The van der Waals surface area contributed by atoms with Gasteiger partial charge in [0.2, 0.25) is 12.7 Å². The number of para-hydroxylation sites is 1. The van der Waals surface area contributed by atoms with Crippen molar-refractivity contribution in [2.75, 3.05) is 12.7 Å². The number of fused-ring (bicyclic) bond motifs is 1. The zero-order chi connectivity index (χ0) is 11.4. The van der Waals surface area contributed by atoms with E-state index in [0.29, 0.717) is 24.6 Å². The summed E-state index contributed by atoms with van der Waals surface area (Å²) in [4.78, 5) is 11.2. The second-order valence-corrected chi connectivity index (χ2v) is 3.74. The summed E-state index contributed by atoms with van der Waals surface area (Å²) in [6.07, 6.45) is 0.327. The number of alkyl halides is 1. The molecule has 0 fully saturated rings. The smallest absolute Gasteiger partial charge is 0.231 e. The molecule has 0 saturated carbocycles. The largest absolute Gasteiger partial charge is 0.454 e. The number of amides is 1. The van der Waals surface area contributed by atoms with Gasteiger partial charge in [-0.1, -0.05) is 12.1 Å². The van der Waals surface area contributed by atoms with Gasteiger partial charge in [0.05, 0.1) is 0 Å². The van der Waals surface area contributed by atoms with Gasteiger partial charge in [0, 0.05) is 24.4 Å². The molecule has 1 aromatic rings. The lowest BCUT2D eigenvalue weighted by atomic mass is 10.2. The van der Waals surface area contributed by atoms with Crippen LogP contribution in [0.4, 0.5) is 0 Å². The van der Waals surface area contributed by atoms with E-state index in [2.05, 4.69) is 5.32 Å². The van der Waals surface area contributed by atoms with Crippen LogP contribution in [0.1, 0.15) is 12.0 Å². The number of carbonyl (C=O) groups is 1. The summed E-state index contributed by atoms with van der Waals surface area (Å²) in [5.41, 5.74) is 0.915. The minimum Gasteiger partial charge on any atom is -0.454 e. The molecule has 0 aromatic heterocycles. The van der Waals surface area contributed by atoms with Crippen molar-refractivity contribution in [1.82, 2.24) is 5.32 Å². The maximum atomic E-state index is 11.2. The van der Waals surface area contributed by atoms with Crippen LogP contribution in [0.3, 0.4) is 0 Å². The second kappa shape index (κ2) is 5.07. The van der Waals surface area contributed by atoms with E-state index in [9.17, 15) is 4.79 Å². The second-order valence-electron chi connectivity index (χ2n) is 3.37. The molecule has 0 aliphatic carbocycles. The number of rotatable bonds is 4. The van der Waals surface area contributed by atoms with Crippen LogP contribution in [0.5, 0.6) is 11.5 Å². The SMILES string of the molecule is O=C(CCCl)NCc1cccc2c1OCO2. The molecule has 0 unspecified atom stereocenters. The fourth-order valence-corrected chi connectivity index (χ4v) is 1.67. The third-order valence-electron chi connectivity index (χ3n) is 2.28. The molecule has 86 valence electrons. The van der Waals surface area contributed by atoms with Crippen LogP contribution in [0.2, 0.25) is 0 Å². The van der Waals surface area contributed by atoms with Crippen LogP contribution in [0, 0.1) is 0 Å². The molecule has 1 aromatic carbocycles. The lowest BCUT2D eigenvalue weighted by Gasteiger charge is -2.06. The molecule has 1 heterocycles. The van der Waals surface area contributed by atoms with Gasteiger partial charge in [-0.05, 0) is 6.07 Å². The van der Waals surface area contributed by atoms with E-state index in [0.717, 1.165) is 11.3 Å².